The number of hydrogen-bond acceptors (Lipinski definition) is 1. The molecule has 1 nitrogen and oxygen atoms in total. The summed E-state index contributed by atoms with van der Waals surface area (Å²) in [5.74, 6) is 3.09. The lowest BCUT2D eigenvalue weighted by Crippen LogP contribution is -2.49. The Morgan fingerprint density at radius 3 is 2.06 bits per heavy atom. The molecule has 0 aromatic rings. The number of rotatable bonds is 3. The Bertz CT molecular complexity index is 291. The van der Waals surface area contributed by atoms with Gasteiger partial charge in [0, 0.05) is 5.41 Å². The average Bonchev–Trinajstić information content (AvgIpc) is 2.24. The van der Waals surface area contributed by atoms with Gasteiger partial charge in [0.15, 0.2) is 5.78 Å². The van der Waals surface area contributed by atoms with Crippen molar-refractivity contribution < 1.29 is 4.79 Å². The van der Waals surface area contributed by atoms with Crippen molar-refractivity contribution in [2.24, 2.45) is 23.2 Å². The highest BCUT2D eigenvalue weighted by atomic mass is 16.1. The molecule has 4 aliphatic carbocycles. The van der Waals surface area contributed by atoms with Gasteiger partial charge in [-0.25, -0.2) is 0 Å². The van der Waals surface area contributed by atoms with Crippen LogP contribution in [0, 0.1) is 23.2 Å². The van der Waals surface area contributed by atoms with E-state index in [0.717, 1.165) is 24.2 Å². The van der Waals surface area contributed by atoms with Crippen LogP contribution in [0.2, 0.25) is 0 Å². The van der Waals surface area contributed by atoms with Gasteiger partial charge in [-0.1, -0.05) is 13.0 Å². The van der Waals surface area contributed by atoms with Crippen molar-refractivity contribution in [3.05, 3.63) is 12.2 Å². The molecular formula is C15H22O. The van der Waals surface area contributed by atoms with Crippen molar-refractivity contribution in [1.82, 2.24) is 0 Å². The van der Waals surface area contributed by atoms with Crippen LogP contribution >= 0.6 is 0 Å². The lowest BCUT2D eigenvalue weighted by molar-refractivity contribution is -0.138. The van der Waals surface area contributed by atoms with E-state index in [0.29, 0.717) is 5.78 Å². The summed E-state index contributed by atoms with van der Waals surface area (Å²) in [6.07, 6.45) is 12.8. The molecule has 0 unspecified atom stereocenters. The average molecular weight is 218 g/mol. The van der Waals surface area contributed by atoms with Crippen molar-refractivity contribution in [3.8, 4) is 0 Å². The van der Waals surface area contributed by atoms with Gasteiger partial charge in [0.05, 0.1) is 0 Å². The predicted octanol–water partition coefficient (Wildman–Crippen LogP) is 3.74. The topological polar surface area (TPSA) is 17.1 Å². The third kappa shape index (κ3) is 1.56. The van der Waals surface area contributed by atoms with Gasteiger partial charge in [-0.3, -0.25) is 4.79 Å². The van der Waals surface area contributed by atoms with Crippen LogP contribution in [0.4, 0.5) is 0 Å². The maximum Gasteiger partial charge on any atom is 0.161 e. The second-order valence-electron chi connectivity index (χ2n) is 6.37. The van der Waals surface area contributed by atoms with Crippen molar-refractivity contribution >= 4 is 5.78 Å². The Morgan fingerprint density at radius 1 is 1.12 bits per heavy atom. The van der Waals surface area contributed by atoms with E-state index in [1.54, 1.807) is 0 Å². The van der Waals surface area contributed by atoms with Crippen LogP contribution in [0.25, 0.3) is 0 Å². The van der Waals surface area contributed by atoms with Gasteiger partial charge in [-0.05, 0) is 68.8 Å². The summed E-state index contributed by atoms with van der Waals surface area (Å²) in [5, 5.41) is 0. The molecule has 0 aliphatic heterocycles. The van der Waals surface area contributed by atoms with Gasteiger partial charge in [-0.15, -0.1) is 0 Å². The fraction of sp³-hybridized carbons (Fsp3) is 0.800. The molecule has 0 spiro atoms. The summed E-state index contributed by atoms with van der Waals surface area (Å²) in [4.78, 5) is 12.4. The van der Waals surface area contributed by atoms with E-state index in [-0.39, 0.29) is 5.41 Å². The molecule has 88 valence electrons. The smallest absolute Gasteiger partial charge is 0.161 e. The fourth-order valence-electron chi connectivity index (χ4n) is 4.81. The zero-order valence-electron chi connectivity index (χ0n) is 10.2. The van der Waals surface area contributed by atoms with Crippen molar-refractivity contribution in [1.29, 1.82) is 0 Å². The standard InChI is InChI=1S/C15H22O/c1-2-3-4-14(16)15-8-11-5-12(9-15)7-13(6-11)10-15/h3-4,11-13H,2,5-10H2,1H3/b4-3+. The molecule has 0 aromatic carbocycles. The van der Waals surface area contributed by atoms with E-state index in [1.807, 2.05) is 12.2 Å². The maximum absolute atomic E-state index is 12.4. The van der Waals surface area contributed by atoms with Crippen LogP contribution in [0.15, 0.2) is 12.2 Å². The number of hydrogen-bond donors (Lipinski definition) is 0. The molecule has 4 aliphatic rings. The Labute approximate surface area is 98.3 Å². The maximum atomic E-state index is 12.4. The normalized spacial score (nSPS) is 45.4. The predicted molar refractivity (Wildman–Crippen MR) is 65.0 cm³/mol. The molecule has 4 fully saturated rings. The molecule has 4 rings (SSSR count). The molecular weight excluding hydrogens is 196 g/mol. The number of ketones is 1. The highest BCUT2D eigenvalue weighted by Gasteiger charge is 2.53. The van der Waals surface area contributed by atoms with Gasteiger partial charge in [-0.2, -0.15) is 0 Å². The Balaban J connectivity index is 1.83. The molecule has 4 saturated carbocycles. The summed E-state index contributed by atoms with van der Waals surface area (Å²) in [7, 11) is 0. The van der Waals surface area contributed by atoms with Crippen LogP contribution in [0.3, 0.4) is 0 Å². The molecule has 0 heterocycles. The van der Waals surface area contributed by atoms with Gasteiger partial charge in [0.25, 0.3) is 0 Å². The SMILES string of the molecule is CC/C=C/C(=O)C12CC3CC(CC(C3)C1)C2. The Hall–Kier alpha value is -0.590. The minimum Gasteiger partial charge on any atom is -0.294 e. The second kappa shape index (κ2) is 3.72. The minimum atomic E-state index is 0.0837. The molecule has 0 amide bonds. The molecule has 1 heteroatoms. The third-order valence-corrected chi connectivity index (χ3v) is 5.07. The van der Waals surface area contributed by atoms with Crippen LogP contribution in [-0.2, 0) is 4.79 Å². The third-order valence-electron chi connectivity index (χ3n) is 5.07. The lowest BCUT2D eigenvalue weighted by Gasteiger charge is -2.55. The van der Waals surface area contributed by atoms with Gasteiger partial charge >= 0.3 is 0 Å². The second-order valence-corrected chi connectivity index (χ2v) is 6.37. The number of carbonyl (C=O) groups excluding carboxylic acids is 1. The molecule has 0 saturated heterocycles. The highest BCUT2D eigenvalue weighted by Crippen LogP contribution is 2.60. The van der Waals surface area contributed by atoms with Crippen molar-refractivity contribution in [2.45, 2.75) is 51.9 Å². The molecule has 0 N–H and O–H groups in total. The van der Waals surface area contributed by atoms with E-state index in [2.05, 4.69) is 6.92 Å². The van der Waals surface area contributed by atoms with E-state index < -0.39 is 0 Å². The van der Waals surface area contributed by atoms with Crippen LogP contribution in [0.1, 0.15) is 51.9 Å². The number of allylic oxidation sites excluding steroid dienone is 2. The van der Waals surface area contributed by atoms with Crippen LogP contribution in [0.5, 0.6) is 0 Å². The van der Waals surface area contributed by atoms with Crippen LogP contribution < -0.4 is 0 Å². The molecule has 0 atom stereocenters. The summed E-state index contributed by atoms with van der Waals surface area (Å²) in [6, 6.07) is 0. The zero-order valence-corrected chi connectivity index (χ0v) is 10.2. The van der Waals surface area contributed by atoms with Crippen molar-refractivity contribution in [2.75, 3.05) is 0 Å². The van der Waals surface area contributed by atoms with E-state index >= 15 is 0 Å². The Morgan fingerprint density at radius 2 is 1.62 bits per heavy atom. The van der Waals surface area contributed by atoms with Crippen molar-refractivity contribution in [3.63, 3.8) is 0 Å². The first-order chi connectivity index (χ1) is 7.72. The highest BCUT2D eigenvalue weighted by molar-refractivity contribution is 5.95. The van der Waals surface area contributed by atoms with Gasteiger partial charge < -0.3 is 0 Å². The summed E-state index contributed by atoms with van der Waals surface area (Å²) < 4.78 is 0. The lowest BCUT2D eigenvalue weighted by atomic mass is 9.48. The zero-order chi connectivity index (χ0) is 11.2. The molecule has 4 bridgehead atoms. The number of carbonyl (C=O) groups is 1. The monoisotopic (exact) mass is 218 g/mol. The quantitative estimate of drug-likeness (QED) is 0.659. The van der Waals surface area contributed by atoms with Gasteiger partial charge in [0.2, 0.25) is 0 Å². The first-order valence-electron chi connectivity index (χ1n) is 6.93. The minimum absolute atomic E-state index is 0.0837. The molecule has 0 aromatic heterocycles. The van der Waals surface area contributed by atoms with E-state index in [4.69, 9.17) is 0 Å². The Kier molecular flexibility index (Phi) is 2.45. The molecule has 0 radical (unpaired) electrons. The first-order valence-corrected chi connectivity index (χ1v) is 6.93. The first kappa shape index (κ1) is 10.6. The van der Waals surface area contributed by atoms with Crippen LogP contribution in [-0.4, -0.2) is 5.78 Å². The summed E-state index contributed by atoms with van der Waals surface area (Å²) >= 11 is 0. The van der Waals surface area contributed by atoms with E-state index in [1.165, 1.54) is 38.5 Å². The summed E-state index contributed by atoms with van der Waals surface area (Å²) in [6.45, 7) is 2.10. The summed E-state index contributed by atoms with van der Waals surface area (Å²) in [5.41, 5.74) is 0.0837. The van der Waals surface area contributed by atoms with E-state index in [9.17, 15) is 4.79 Å². The molecule has 16 heavy (non-hydrogen) atoms. The van der Waals surface area contributed by atoms with Gasteiger partial charge in [0.1, 0.15) is 0 Å². The largest absolute Gasteiger partial charge is 0.294 e. The fourth-order valence-corrected chi connectivity index (χ4v) is 4.81.